The van der Waals surface area contributed by atoms with Crippen LogP contribution in [-0.4, -0.2) is 81.2 Å². The van der Waals surface area contributed by atoms with Crippen molar-refractivity contribution in [2.45, 2.75) is 90.3 Å². The van der Waals surface area contributed by atoms with Gasteiger partial charge in [0.15, 0.2) is 0 Å². The van der Waals surface area contributed by atoms with Crippen LogP contribution in [0.3, 0.4) is 0 Å². The van der Waals surface area contributed by atoms with Crippen LogP contribution in [0.2, 0.25) is 0 Å². The van der Waals surface area contributed by atoms with Crippen LogP contribution < -0.4 is 10.6 Å². The number of urea groups is 1. The lowest BCUT2D eigenvalue weighted by atomic mass is 9.93. The minimum Gasteiger partial charge on any atom is -0.444 e. The summed E-state index contributed by atoms with van der Waals surface area (Å²) in [5, 5.41) is 20.7. The van der Waals surface area contributed by atoms with E-state index in [4.69, 9.17) is 4.74 Å². The zero-order chi connectivity index (χ0) is 36.9. The molecule has 0 bridgehead atoms. The molecule has 0 aliphatic carbocycles. The number of rotatable bonds is 17. The Morgan fingerprint density at radius 2 is 1.55 bits per heavy atom. The average molecular weight is 735 g/mol. The van der Waals surface area contributed by atoms with Gasteiger partial charge in [0.05, 0.1) is 39.8 Å². The van der Waals surface area contributed by atoms with Gasteiger partial charge < -0.3 is 30.3 Å². The van der Waals surface area contributed by atoms with Crippen LogP contribution in [-0.2, 0) is 35.5 Å². The van der Waals surface area contributed by atoms with Crippen LogP contribution in [0, 0.1) is 5.92 Å². The second-order valence-corrected chi connectivity index (χ2v) is 15.3. The first-order valence-corrected chi connectivity index (χ1v) is 19.0. The zero-order valence-corrected chi connectivity index (χ0v) is 31.8. The fourth-order valence-electron chi connectivity index (χ4n) is 5.91. The van der Waals surface area contributed by atoms with E-state index in [1.54, 1.807) is 42.0 Å². The Morgan fingerprint density at radius 1 is 0.902 bits per heavy atom. The maximum Gasteiger partial charge on any atom is 0.407 e. The fraction of sp³-hybridized carbons (Fsp3) is 0.447. The predicted molar refractivity (Wildman–Crippen MR) is 202 cm³/mol. The van der Waals surface area contributed by atoms with Crippen LogP contribution in [0.4, 0.5) is 9.59 Å². The Labute approximate surface area is 309 Å². The van der Waals surface area contributed by atoms with E-state index in [0.717, 1.165) is 26.7 Å². The quantitative estimate of drug-likeness (QED) is 0.117. The summed E-state index contributed by atoms with van der Waals surface area (Å²) >= 11 is 2.96. The topological polar surface area (TPSA) is 137 Å². The number of aliphatic hydroxyl groups is 1. The molecule has 3 N–H and O–H groups in total. The van der Waals surface area contributed by atoms with E-state index >= 15 is 0 Å². The van der Waals surface area contributed by atoms with Gasteiger partial charge in [-0.25, -0.2) is 14.6 Å². The molecule has 2 aromatic carbocycles. The molecule has 0 aliphatic heterocycles. The molecule has 4 rings (SSSR count). The number of likely N-dealkylation sites (N-methyl/N-ethyl adjacent to an activating group) is 1. The smallest absolute Gasteiger partial charge is 0.407 e. The summed E-state index contributed by atoms with van der Waals surface area (Å²) in [6.07, 6.45) is 0.849. The summed E-state index contributed by atoms with van der Waals surface area (Å²) in [6.45, 7) is 8.37. The molecular weight excluding hydrogens is 685 g/mol. The SMILES string of the molecule is CC(C)c1nc(CN(C)C(=O)N(C)[C@H](C(=O)N[C@@H](Cc2ccccc2)C[C@H](O)[C@H](Cc2ccccc2)NC(=O)OCc2cncs2)C(C)C)cs1. The molecule has 11 nitrogen and oxygen atoms in total. The van der Waals surface area contributed by atoms with Crippen molar-refractivity contribution in [3.63, 3.8) is 0 Å². The first-order valence-electron chi connectivity index (χ1n) is 17.2. The number of hydrogen-bond acceptors (Lipinski definition) is 9. The van der Waals surface area contributed by atoms with Crippen molar-refractivity contribution < 1.29 is 24.2 Å². The molecule has 51 heavy (non-hydrogen) atoms. The molecular formula is C38H50N6O5S2. The minimum atomic E-state index is -1.05. The van der Waals surface area contributed by atoms with Gasteiger partial charge in [-0.05, 0) is 36.3 Å². The third kappa shape index (κ3) is 12.1. The second-order valence-electron chi connectivity index (χ2n) is 13.5. The summed E-state index contributed by atoms with van der Waals surface area (Å²) < 4.78 is 5.44. The largest absolute Gasteiger partial charge is 0.444 e. The third-order valence-corrected chi connectivity index (χ3v) is 10.4. The Morgan fingerprint density at radius 3 is 2.12 bits per heavy atom. The minimum absolute atomic E-state index is 0.0676. The number of carbonyl (C=O) groups is 3. The van der Waals surface area contributed by atoms with E-state index in [2.05, 4.69) is 34.4 Å². The molecule has 4 atom stereocenters. The monoisotopic (exact) mass is 734 g/mol. The number of hydrogen-bond donors (Lipinski definition) is 3. The van der Waals surface area contributed by atoms with Crippen molar-refractivity contribution in [1.29, 1.82) is 0 Å². The van der Waals surface area contributed by atoms with Crippen molar-refractivity contribution in [1.82, 2.24) is 30.4 Å². The molecule has 13 heteroatoms. The van der Waals surface area contributed by atoms with Crippen molar-refractivity contribution in [2.75, 3.05) is 14.1 Å². The van der Waals surface area contributed by atoms with Gasteiger partial charge in [-0.3, -0.25) is 9.78 Å². The van der Waals surface area contributed by atoms with E-state index in [1.165, 1.54) is 16.2 Å². The van der Waals surface area contributed by atoms with Crippen LogP contribution in [0.25, 0.3) is 0 Å². The van der Waals surface area contributed by atoms with Crippen LogP contribution >= 0.6 is 22.7 Å². The number of amides is 4. The Kier molecular flexibility index (Phi) is 15.0. The molecule has 0 saturated heterocycles. The highest BCUT2D eigenvalue weighted by Gasteiger charge is 2.34. The number of aromatic nitrogens is 2. The summed E-state index contributed by atoms with van der Waals surface area (Å²) in [4.78, 5) is 53.2. The Bertz CT molecular complexity index is 1650. The highest BCUT2D eigenvalue weighted by atomic mass is 32.1. The number of benzene rings is 2. The molecule has 0 spiro atoms. The van der Waals surface area contributed by atoms with Crippen molar-refractivity contribution >= 4 is 40.7 Å². The number of ether oxygens (including phenoxy) is 1. The normalized spacial score (nSPS) is 13.7. The average Bonchev–Trinajstić information content (AvgIpc) is 3.80. The summed E-state index contributed by atoms with van der Waals surface area (Å²) in [5.41, 5.74) is 4.37. The van der Waals surface area contributed by atoms with Crippen LogP contribution in [0.15, 0.2) is 77.8 Å². The Balaban J connectivity index is 1.50. The number of alkyl carbamates (subject to hydrolysis) is 1. The van der Waals surface area contributed by atoms with Gasteiger partial charge in [-0.1, -0.05) is 88.4 Å². The van der Waals surface area contributed by atoms with Gasteiger partial charge in [-0.2, -0.15) is 0 Å². The first kappa shape index (κ1) is 39.5. The molecule has 0 radical (unpaired) electrons. The van der Waals surface area contributed by atoms with E-state index in [1.807, 2.05) is 79.9 Å². The van der Waals surface area contributed by atoms with E-state index in [9.17, 15) is 19.5 Å². The molecule has 0 unspecified atom stereocenters. The van der Waals surface area contributed by atoms with Crippen LogP contribution in [0.5, 0.6) is 0 Å². The number of nitrogens with zero attached hydrogens (tertiary/aromatic N) is 4. The molecule has 0 fully saturated rings. The van der Waals surface area contributed by atoms with E-state index < -0.39 is 30.3 Å². The standard InChI is InChI=1S/C38H50N6O5S2/c1-25(2)34(44(6)38(48)43(5)21-30-23-50-36(41-30)26(3)4)35(46)40-29(17-27-13-9-7-10-14-27)19-33(45)32(18-28-15-11-8-12-16-28)42-37(47)49-22-31-20-39-24-51-31/h7-16,20,23-26,29,32-34,45H,17-19,21-22H2,1-6H3,(H,40,46)(H,42,47)/t29-,32-,33-,34-/m0/s1. The fourth-order valence-corrected chi connectivity index (χ4v) is 7.25. The molecule has 0 saturated carbocycles. The highest BCUT2D eigenvalue weighted by Crippen LogP contribution is 2.21. The number of thiazole rings is 2. The molecule has 2 heterocycles. The van der Waals surface area contributed by atoms with Gasteiger partial charge >= 0.3 is 12.1 Å². The molecule has 274 valence electrons. The van der Waals surface area contributed by atoms with E-state index in [0.29, 0.717) is 25.3 Å². The summed E-state index contributed by atoms with van der Waals surface area (Å²) in [5.74, 6) is -0.229. The zero-order valence-electron chi connectivity index (χ0n) is 30.2. The third-order valence-electron chi connectivity index (χ3n) is 8.50. The maximum atomic E-state index is 14.1. The van der Waals surface area contributed by atoms with Crippen molar-refractivity contribution in [3.8, 4) is 0 Å². The Hall–Kier alpha value is -4.33. The summed E-state index contributed by atoms with van der Waals surface area (Å²) in [6, 6.07) is 17.0. The second kappa shape index (κ2) is 19.3. The highest BCUT2D eigenvalue weighted by molar-refractivity contribution is 7.09. The lowest BCUT2D eigenvalue weighted by molar-refractivity contribution is -0.127. The van der Waals surface area contributed by atoms with Gasteiger partial charge in [-0.15, -0.1) is 22.7 Å². The number of carbonyl (C=O) groups excluding carboxylic acids is 3. The van der Waals surface area contributed by atoms with E-state index in [-0.39, 0.29) is 30.9 Å². The first-order chi connectivity index (χ1) is 24.4. The van der Waals surface area contributed by atoms with Gasteiger partial charge in [0.1, 0.15) is 12.6 Å². The van der Waals surface area contributed by atoms with Gasteiger partial charge in [0.25, 0.3) is 0 Å². The molecule has 4 amide bonds. The lowest BCUT2D eigenvalue weighted by Crippen LogP contribution is -2.56. The number of nitrogens with one attached hydrogen (secondary N) is 2. The molecule has 4 aromatic rings. The predicted octanol–water partition coefficient (Wildman–Crippen LogP) is 6.25. The maximum absolute atomic E-state index is 14.1. The molecule has 0 aliphatic rings. The van der Waals surface area contributed by atoms with Gasteiger partial charge in [0.2, 0.25) is 5.91 Å². The van der Waals surface area contributed by atoms with Gasteiger partial charge in [0, 0.05) is 37.6 Å². The van der Waals surface area contributed by atoms with Crippen molar-refractivity contribution in [3.05, 3.63) is 104 Å². The lowest BCUT2D eigenvalue weighted by Gasteiger charge is -2.35. The van der Waals surface area contributed by atoms with Crippen LogP contribution in [0.1, 0.15) is 66.7 Å². The molecule has 2 aromatic heterocycles. The van der Waals surface area contributed by atoms with Crippen molar-refractivity contribution in [2.24, 2.45) is 5.92 Å². The summed E-state index contributed by atoms with van der Waals surface area (Å²) in [7, 11) is 3.35. The number of aliphatic hydroxyl groups excluding tert-OH is 1.